The van der Waals surface area contributed by atoms with E-state index in [0.29, 0.717) is 0 Å². The summed E-state index contributed by atoms with van der Waals surface area (Å²) < 4.78 is 0. The van der Waals surface area contributed by atoms with E-state index in [2.05, 4.69) is 5.48 Å². The Hall–Kier alpha value is -1.59. The Bertz CT molecular complexity index is 420. The molecule has 0 saturated carbocycles. The third kappa shape index (κ3) is 2.95. The van der Waals surface area contributed by atoms with Crippen LogP contribution in [0.4, 0.5) is 0 Å². The molecule has 5 nitrogen and oxygen atoms in total. The molecule has 0 aliphatic heterocycles. The molecule has 5 heteroatoms. The van der Waals surface area contributed by atoms with Gasteiger partial charge >= 0.3 is 0 Å². The second-order valence-corrected chi connectivity index (χ2v) is 4.20. The van der Waals surface area contributed by atoms with Crippen molar-refractivity contribution in [2.75, 3.05) is 6.61 Å². The molecule has 0 aromatic heterocycles. The van der Waals surface area contributed by atoms with Crippen molar-refractivity contribution in [3.8, 4) is 5.75 Å². The van der Waals surface area contributed by atoms with Gasteiger partial charge in [-0.1, -0.05) is 6.07 Å². The van der Waals surface area contributed by atoms with E-state index < -0.39 is 5.91 Å². The van der Waals surface area contributed by atoms with Crippen molar-refractivity contribution < 1.29 is 14.7 Å². The number of amides is 1. The van der Waals surface area contributed by atoms with E-state index in [1.54, 1.807) is 12.1 Å². The molecule has 92 valence electrons. The van der Waals surface area contributed by atoms with E-state index in [1.165, 1.54) is 0 Å². The standard InChI is InChI=1S/C12H16N2O3/c13-12(16)7-17-14-11-3-1-2-8-6-9(15)4-5-10(8)11/h4-6,11,14-15H,1-3,7H2,(H2,13,16). The van der Waals surface area contributed by atoms with Gasteiger partial charge in [-0.05, 0) is 42.5 Å². The van der Waals surface area contributed by atoms with E-state index >= 15 is 0 Å². The van der Waals surface area contributed by atoms with Gasteiger partial charge in [-0.15, -0.1) is 0 Å². The van der Waals surface area contributed by atoms with Gasteiger partial charge in [-0.25, -0.2) is 0 Å². The summed E-state index contributed by atoms with van der Waals surface area (Å²) in [6.07, 6.45) is 2.92. The summed E-state index contributed by atoms with van der Waals surface area (Å²) in [6, 6.07) is 5.37. The Morgan fingerprint density at radius 3 is 3.18 bits per heavy atom. The van der Waals surface area contributed by atoms with Crippen LogP contribution in [0.5, 0.6) is 5.75 Å². The lowest BCUT2D eigenvalue weighted by atomic mass is 9.88. The van der Waals surface area contributed by atoms with Crippen LogP contribution in [-0.2, 0) is 16.1 Å². The molecule has 1 aromatic rings. The molecule has 17 heavy (non-hydrogen) atoms. The smallest absolute Gasteiger partial charge is 0.245 e. The van der Waals surface area contributed by atoms with Crippen molar-refractivity contribution in [2.45, 2.75) is 25.3 Å². The van der Waals surface area contributed by atoms with Gasteiger partial charge < -0.3 is 10.8 Å². The molecule has 0 bridgehead atoms. The summed E-state index contributed by atoms with van der Waals surface area (Å²) in [5, 5.41) is 9.41. The maximum Gasteiger partial charge on any atom is 0.245 e. The summed E-state index contributed by atoms with van der Waals surface area (Å²) in [7, 11) is 0. The van der Waals surface area contributed by atoms with Gasteiger partial charge in [0.1, 0.15) is 12.4 Å². The molecule has 2 rings (SSSR count). The first-order valence-corrected chi connectivity index (χ1v) is 5.64. The van der Waals surface area contributed by atoms with Gasteiger partial charge in [0, 0.05) is 0 Å². The van der Waals surface area contributed by atoms with Crippen LogP contribution in [0.3, 0.4) is 0 Å². The van der Waals surface area contributed by atoms with E-state index in [9.17, 15) is 9.90 Å². The summed E-state index contributed by atoms with van der Waals surface area (Å²) in [5.74, 6) is -0.221. The van der Waals surface area contributed by atoms with Crippen LogP contribution in [0.2, 0.25) is 0 Å². The number of primary amides is 1. The average molecular weight is 236 g/mol. The average Bonchev–Trinajstić information content (AvgIpc) is 2.28. The van der Waals surface area contributed by atoms with Gasteiger partial charge in [0.25, 0.3) is 0 Å². The lowest BCUT2D eigenvalue weighted by molar-refractivity contribution is -0.126. The highest BCUT2D eigenvalue weighted by atomic mass is 16.6. The second-order valence-electron chi connectivity index (χ2n) is 4.20. The number of benzene rings is 1. The van der Waals surface area contributed by atoms with E-state index in [-0.39, 0.29) is 18.4 Å². The first kappa shape index (κ1) is 11.9. The Morgan fingerprint density at radius 2 is 2.41 bits per heavy atom. The Morgan fingerprint density at radius 1 is 1.59 bits per heavy atom. The highest BCUT2D eigenvalue weighted by molar-refractivity contribution is 5.74. The van der Waals surface area contributed by atoms with Crippen molar-refractivity contribution in [3.05, 3.63) is 29.3 Å². The third-order valence-corrected chi connectivity index (χ3v) is 2.88. The van der Waals surface area contributed by atoms with Crippen LogP contribution >= 0.6 is 0 Å². The van der Waals surface area contributed by atoms with Crippen LogP contribution in [-0.4, -0.2) is 17.6 Å². The minimum absolute atomic E-state index is 0.0544. The van der Waals surface area contributed by atoms with Crippen molar-refractivity contribution in [3.63, 3.8) is 0 Å². The number of hydrogen-bond donors (Lipinski definition) is 3. The Kier molecular flexibility index (Phi) is 3.61. The summed E-state index contributed by atoms with van der Waals surface area (Å²) in [6.45, 7) is -0.135. The summed E-state index contributed by atoms with van der Waals surface area (Å²) in [4.78, 5) is 15.6. The molecule has 0 radical (unpaired) electrons. The molecule has 0 saturated heterocycles. The number of carbonyl (C=O) groups is 1. The first-order valence-electron chi connectivity index (χ1n) is 5.64. The van der Waals surface area contributed by atoms with Crippen molar-refractivity contribution >= 4 is 5.91 Å². The van der Waals surface area contributed by atoms with Crippen LogP contribution in [0.25, 0.3) is 0 Å². The number of nitrogens with one attached hydrogen (secondary N) is 1. The molecule has 1 aliphatic carbocycles. The number of hydrogen-bond acceptors (Lipinski definition) is 4. The van der Waals surface area contributed by atoms with E-state index in [0.717, 1.165) is 30.4 Å². The second kappa shape index (κ2) is 5.16. The SMILES string of the molecule is NC(=O)CONC1CCCc2cc(O)ccc21. The molecule has 1 aliphatic rings. The fourth-order valence-corrected chi connectivity index (χ4v) is 2.14. The quantitative estimate of drug-likeness (QED) is 0.674. The zero-order valence-corrected chi connectivity index (χ0v) is 9.48. The van der Waals surface area contributed by atoms with Crippen LogP contribution in [0.15, 0.2) is 18.2 Å². The topological polar surface area (TPSA) is 84.6 Å². The maximum absolute atomic E-state index is 10.6. The van der Waals surface area contributed by atoms with Crippen LogP contribution < -0.4 is 11.2 Å². The lowest BCUT2D eigenvalue weighted by Gasteiger charge is -2.25. The fourth-order valence-electron chi connectivity index (χ4n) is 2.14. The fraction of sp³-hybridized carbons (Fsp3) is 0.417. The van der Waals surface area contributed by atoms with Crippen molar-refractivity contribution in [1.82, 2.24) is 5.48 Å². The molecule has 1 unspecified atom stereocenters. The molecular formula is C12H16N2O3. The van der Waals surface area contributed by atoms with E-state index in [1.807, 2.05) is 6.07 Å². The predicted molar refractivity (Wildman–Crippen MR) is 62.1 cm³/mol. The number of rotatable bonds is 4. The molecular weight excluding hydrogens is 220 g/mol. The van der Waals surface area contributed by atoms with Crippen molar-refractivity contribution in [2.24, 2.45) is 5.73 Å². The zero-order valence-electron chi connectivity index (χ0n) is 9.48. The van der Waals surface area contributed by atoms with Gasteiger partial charge in [-0.2, -0.15) is 5.48 Å². The van der Waals surface area contributed by atoms with Crippen LogP contribution in [0, 0.1) is 0 Å². The summed E-state index contributed by atoms with van der Waals surface area (Å²) >= 11 is 0. The number of phenolic OH excluding ortho intramolecular Hbond substituents is 1. The predicted octanol–water partition coefficient (Wildman–Crippen LogP) is 0.776. The van der Waals surface area contributed by atoms with Crippen molar-refractivity contribution in [1.29, 1.82) is 0 Å². The maximum atomic E-state index is 10.6. The minimum atomic E-state index is -0.501. The molecule has 0 spiro atoms. The van der Waals surface area contributed by atoms with Gasteiger partial charge in [0.15, 0.2) is 0 Å². The number of fused-ring (bicyclic) bond motifs is 1. The number of aryl methyl sites for hydroxylation is 1. The monoisotopic (exact) mass is 236 g/mol. The number of carbonyl (C=O) groups excluding carboxylic acids is 1. The molecule has 1 aromatic carbocycles. The minimum Gasteiger partial charge on any atom is -0.508 e. The molecule has 1 atom stereocenters. The number of phenols is 1. The molecule has 1 amide bonds. The highest BCUT2D eigenvalue weighted by Gasteiger charge is 2.20. The molecule has 0 heterocycles. The zero-order chi connectivity index (χ0) is 12.3. The molecule has 0 fully saturated rings. The first-order chi connectivity index (χ1) is 8.16. The molecule has 4 N–H and O–H groups in total. The van der Waals surface area contributed by atoms with Gasteiger partial charge in [0.2, 0.25) is 5.91 Å². The van der Waals surface area contributed by atoms with Crippen LogP contribution in [0.1, 0.15) is 30.0 Å². The van der Waals surface area contributed by atoms with Gasteiger partial charge in [0.05, 0.1) is 6.04 Å². The van der Waals surface area contributed by atoms with Gasteiger partial charge in [-0.3, -0.25) is 9.63 Å². The number of hydroxylamine groups is 1. The normalized spacial score (nSPS) is 18.7. The Balaban J connectivity index is 2.04. The number of nitrogens with two attached hydrogens (primary N) is 1. The largest absolute Gasteiger partial charge is 0.508 e. The van der Waals surface area contributed by atoms with E-state index in [4.69, 9.17) is 10.6 Å². The third-order valence-electron chi connectivity index (χ3n) is 2.88. The Labute approximate surface area is 99.5 Å². The summed E-state index contributed by atoms with van der Waals surface area (Å²) in [5.41, 5.74) is 10.1. The highest BCUT2D eigenvalue weighted by Crippen LogP contribution is 2.31. The lowest BCUT2D eigenvalue weighted by Crippen LogP contribution is -2.29. The number of aromatic hydroxyl groups is 1.